The molecule has 162 valence electrons. The van der Waals surface area contributed by atoms with E-state index in [1.54, 1.807) is 10.6 Å². The number of benzene rings is 2. The van der Waals surface area contributed by atoms with E-state index in [9.17, 15) is 9.59 Å². The number of nitrogens with one attached hydrogen (secondary N) is 2. The first-order valence-corrected chi connectivity index (χ1v) is 11.3. The van der Waals surface area contributed by atoms with Gasteiger partial charge in [0.1, 0.15) is 0 Å². The average Bonchev–Trinajstić information content (AvgIpc) is 3.12. The number of aromatic nitrogens is 3. The average molecular weight is 499 g/mol. The predicted molar refractivity (Wildman–Crippen MR) is 124 cm³/mol. The van der Waals surface area contributed by atoms with E-state index in [0.717, 1.165) is 5.56 Å². The molecule has 1 heterocycles. The van der Waals surface area contributed by atoms with Crippen LogP contribution >= 0.6 is 46.6 Å². The molecular formula is C20H18Cl3N5O2S. The number of nitrogens with zero attached hydrogens (tertiary/aromatic N) is 3. The third kappa shape index (κ3) is 6.13. The van der Waals surface area contributed by atoms with E-state index in [4.69, 9.17) is 34.8 Å². The molecule has 2 N–H and O–H groups in total. The van der Waals surface area contributed by atoms with E-state index in [-0.39, 0.29) is 17.1 Å². The van der Waals surface area contributed by atoms with Crippen molar-refractivity contribution in [3.8, 4) is 0 Å². The maximum atomic E-state index is 12.3. The van der Waals surface area contributed by atoms with Gasteiger partial charge in [0.25, 0.3) is 5.91 Å². The van der Waals surface area contributed by atoms with Crippen molar-refractivity contribution in [3.63, 3.8) is 0 Å². The van der Waals surface area contributed by atoms with Gasteiger partial charge in [0.05, 0.1) is 17.1 Å². The van der Waals surface area contributed by atoms with Crippen molar-refractivity contribution in [1.82, 2.24) is 20.1 Å². The maximum Gasteiger partial charge on any atom is 0.253 e. The van der Waals surface area contributed by atoms with Gasteiger partial charge in [-0.1, -0.05) is 64.8 Å². The van der Waals surface area contributed by atoms with Crippen LogP contribution in [0, 0.1) is 0 Å². The van der Waals surface area contributed by atoms with Crippen LogP contribution in [-0.2, 0) is 17.1 Å². The number of thioether (sulfide) groups is 1. The van der Waals surface area contributed by atoms with E-state index < -0.39 is 11.8 Å². The van der Waals surface area contributed by atoms with Crippen LogP contribution in [-0.4, -0.2) is 33.1 Å². The van der Waals surface area contributed by atoms with E-state index in [0.29, 0.717) is 33.4 Å². The summed E-state index contributed by atoms with van der Waals surface area (Å²) in [5.74, 6) is -0.00944. The van der Waals surface area contributed by atoms with E-state index in [1.165, 1.54) is 23.9 Å². The van der Waals surface area contributed by atoms with Crippen LogP contribution in [0.1, 0.15) is 22.8 Å². The standard InChI is InChI=1S/C20H18Cl3N5O2S/c1-2-28-19(26-27-20(28)31-11-12-5-3-4-6-15(12)22)25-17(29)10-24-18(30)14-8-7-13(21)9-16(14)23/h3-9H,2,10-11H2,1H3,(H,24,30)(H,25,26,29). The zero-order valence-electron chi connectivity index (χ0n) is 16.4. The second kappa shape index (κ2) is 10.9. The van der Waals surface area contributed by atoms with Crippen LogP contribution in [0.25, 0.3) is 0 Å². The molecule has 0 saturated heterocycles. The molecule has 0 spiro atoms. The van der Waals surface area contributed by atoms with E-state index in [1.807, 2.05) is 31.2 Å². The van der Waals surface area contributed by atoms with Crippen molar-refractivity contribution in [2.45, 2.75) is 24.4 Å². The summed E-state index contributed by atoms with van der Waals surface area (Å²) >= 11 is 19.5. The molecule has 0 unspecified atom stereocenters. The molecule has 2 aromatic carbocycles. The Morgan fingerprint density at radius 1 is 1.06 bits per heavy atom. The van der Waals surface area contributed by atoms with Crippen LogP contribution in [0.2, 0.25) is 15.1 Å². The Hall–Kier alpha value is -2.26. The Morgan fingerprint density at radius 2 is 1.84 bits per heavy atom. The summed E-state index contributed by atoms with van der Waals surface area (Å²) in [4.78, 5) is 24.5. The van der Waals surface area contributed by atoms with Gasteiger partial charge in [0.15, 0.2) is 5.16 Å². The van der Waals surface area contributed by atoms with E-state index in [2.05, 4.69) is 20.8 Å². The van der Waals surface area contributed by atoms with Gasteiger partial charge in [-0.05, 0) is 36.8 Å². The van der Waals surface area contributed by atoms with Crippen molar-refractivity contribution in [1.29, 1.82) is 0 Å². The summed E-state index contributed by atoms with van der Waals surface area (Å²) in [5.41, 5.74) is 1.21. The zero-order chi connectivity index (χ0) is 22.4. The quantitative estimate of drug-likeness (QED) is 0.430. The molecule has 3 aromatic rings. The van der Waals surface area contributed by atoms with Crippen LogP contribution in [0.15, 0.2) is 47.6 Å². The van der Waals surface area contributed by atoms with Crippen molar-refractivity contribution in [2.75, 3.05) is 11.9 Å². The summed E-state index contributed by atoms with van der Waals surface area (Å²) in [7, 11) is 0. The summed E-state index contributed by atoms with van der Waals surface area (Å²) < 4.78 is 1.78. The molecule has 0 atom stereocenters. The Bertz CT molecular complexity index is 1110. The van der Waals surface area contributed by atoms with Gasteiger partial charge in [-0.3, -0.25) is 19.5 Å². The summed E-state index contributed by atoms with van der Waals surface area (Å²) in [6, 6.07) is 12.1. The van der Waals surface area contributed by atoms with Crippen LogP contribution < -0.4 is 10.6 Å². The van der Waals surface area contributed by atoms with Gasteiger partial charge in [0, 0.05) is 22.3 Å². The highest BCUT2D eigenvalue weighted by Crippen LogP contribution is 2.27. The lowest BCUT2D eigenvalue weighted by Crippen LogP contribution is -2.33. The molecule has 0 aliphatic rings. The second-order valence-corrected chi connectivity index (χ2v) is 8.48. The highest BCUT2D eigenvalue weighted by atomic mass is 35.5. The highest BCUT2D eigenvalue weighted by Gasteiger charge is 2.16. The van der Waals surface area contributed by atoms with Crippen molar-refractivity contribution in [2.24, 2.45) is 0 Å². The number of hydrogen-bond acceptors (Lipinski definition) is 5. The Kier molecular flexibility index (Phi) is 8.20. The zero-order valence-corrected chi connectivity index (χ0v) is 19.4. The first-order chi connectivity index (χ1) is 14.9. The minimum Gasteiger partial charge on any atom is -0.343 e. The van der Waals surface area contributed by atoms with Crippen molar-refractivity contribution in [3.05, 3.63) is 68.7 Å². The van der Waals surface area contributed by atoms with Gasteiger partial charge < -0.3 is 5.32 Å². The molecule has 7 nitrogen and oxygen atoms in total. The van der Waals surface area contributed by atoms with Gasteiger partial charge in [0.2, 0.25) is 11.9 Å². The van der Waals surface area contributed by atoms with Gasteiger partial charge >= 0.3 is 0 Å². The Labute approximate surface area is 198 Å². The lowest BCUT2D eigenvalue weighted by atomic mass is 10.2. The normalized spacial score (nSPS) is 10.7. The number of hydrogen-bond donors (Lipinski definition) is 2. The summed E-state index contributed by atoms with van der Waals surface area (Å²) in [6.45, 7) is 2.22. The van der Waals surface area contributed by atoms with Gasteiger partial charge in [-0.2, -0.15) is 0 Å². The fourth-order valence-corrected chi connectivity index (χ4v) is 4.41. The van der Waals surface area contributed by atoms with Crippen molar-refractivity contribution < 1.29 is 9.59 Å². The lowest BCUT2D eigenvalue weighted by Gasteiger charge is -2.10. The fourth-order valence-electron chi connectivity index (χ4n) is 2.63. The monoisotopic (exact) mass is 497 g/mol. The molecule has 0 bridgehead atoms. The summed E-state index contributed by atoms with van der Waals surface area (Å²) in [6.07, 6.45) is 0. The Balaban J connectivity index is 1.58. The largest absolute Gasteiger partial charge is 0.343 e. The molecule has 0 aliphatic carbocycles. The number of carbonyl (C=O) groups excluding carboxylic acids is 2. The SMILES string of the molecule is CCn1c(NC(=O)CNC(=O)c2ccc(Cl)cc2Cl)nnc1SCc1ccccc1Cl. The molecule has 0 radical (unpaired) electrons. The smallest absolute Gasteiger partial charge is 0.253 e. The topological polar surface area (TPSA) is 88.9 Å². The molecule has 11 heteroatoms. The first kappa shape index (κ1) is 23.4. The third-order valence-electron chi connectivity index (χ3n) is 4.18. The molecule has 3 rings (SSSR count). The molecule has 0 aliphatic heterocycles. The third-order valence-corrected chi connectivity index (χ3v) is 6.12. The predicted octanol–water partition coefficient (Wildman–Crippen LogP) is 4.92. The molecule has 31 heavy (non-hydrogen) atoms. The van der Waals surface area contributed by atoms with E-state index >= 15 is 0 Å². The minimum absolute atomic E-state index is 0.205. The second-order valence-electron chi connectivity index (χ2n) is 6.29. The van der Waals surface area contributed by atoms with Gasteiger partial charge in [-0.25, -0.2) is 0 Å². The Morgan fingerprint density at radius 3 is 2.55 bits per heavy atom. The molecule has 0 fully saturated rings. The van der Waals surface area contributed by atoms with Crippen molar-refractivity contribution >= 4 is 64.3 Å². The fraction of sp³-hybridized carbons (Fsp3) is 0.200. The van der Waals surface area contributed by atoms with Gasteiger partial charge in [-0.15, -0.1) is 10.2 Å². The number of anilines is 1. The highest BCUT2D eigenvalue weighted by molar-refractivity contribution is 7.98. The number of halogens is 3. The molecule has 0 saturated carbocycles. The number of carbonyl (C=O) groups is 2. The summed E-state index contributed by atoms with van der Waals surface area (Å²) in [5, 5.41) is 15.3. The van der Waals surface area contributed by atoms with Crippen LogP contribution in [0.4, 0.5) is 5.95 Å². The number of rotatable bonds is 8. The van der Waals surface area contributed by atoms with Crippen LogP contribution in [0.3, 0.4) is 0 Å². The molecule has 2 amide bonds. The number of amides is 2. The first-order valence-electron chi connectivity index (χ1n) is 9.21. The lowest BCUT2D eigenvalue weighted by molar-refractivity contribution is -0.115. The molecule has 1 aromatic heterocycles. The minimum atomic E-state index is -0.482. The molecular weight excluding hydrogens is 481 g/mol. The van der Waals surface area contributed by atoms with Crippen LogP contribution in [0.5, 0.6) is 0 Å². The maximum absolute atomic E-state index is 12.3.